The minimum Gasteiger partial charge on any atom is -0.396 e. The van der Waals surface area contributed by atoms with Gasteiger partial charge in [0.25, 0.3) is 0 Å². The van der Waals surface area contributed by atoms with Gasteiger partial charge in [0, 0.05) is 30.4 Å². The third-order valence-corrected chi connectivity index (χ3v) is 5.23. The number of carbonyl (C=O) groups excluding carboxylic acids is 1. The predicted molar refractivity (Wildman–Crippen MR) is 116 cm³/mol. The van der Waals surface area contributed by atoms with Gasteiger partial charge in [-0.05, 0) is 43.2 Å². The van der Waals surface area contributed by atoms with Gasteiger partial charge in [-0.15, -0.1) is 0 Å². The second-order valence-electron chi connectivity index (χ2n) is 7.49. The molecule has 9 heteroatoms. The first kappa shape index (κ1) is 20.5. The highest BCUT2D eigenvalue weighted by atomic mass is 19.1. The molecule has 4 rings (SSSR count). The highest BCUT2D eigenvalue weighted by Crippen LogP contribution is 2.28. The molecule has 0 radical (unpaired) electrons. The van der Waals surface area contributed by atoms with E-state index in [1.165, 1.54) is 24.3 Å². The van der Waals surface area contributed by atoms with E-state index in [4.69, 9.17) is 11.5 Å². The molecule has 1 fully saturated rings. The second kappa shape index (κ2) is 8.55. The van der Waals surface area contributed by atoms with Crippen LogP contribution in [0.5, 0.6) is 0 Å². The van der Waals surface area contributed by atoms with Crippen molar-refractivity contribution in [1.29, 1.82) is 0 Å². The van der Waals surface area contributed by atoms with Gasteiger partial charge in [0.1, 0.15) is 17.5 Å². The summed E-state index contributed by atoms with van der Waals surface area (Å²) in [7, 11) is 0. The van der Waals surface area contributed by atoms with E-state index in [-0.39, 0.29) is 23.5 Å². The molecule has 1 saturated heterocycles. The first-order valence-corrected chi connectivity index (χ1v) is 9.90. The normalized spacial score (nSPS) is 16.2. The van der Waals surface area contributed by atoms with E-state index in [1.54, 1.807) is 24.3 Å². The van der Waals surface area contributed by atoms with Crippen molar-refractivity contribution in [3.05, 3.63) is 60.2 Å². The van der Waals surface area contributed by atoms with Gasteiger partial charge in [-0.25, -0.2) is 13.8 Å². The first-order valence-electron chi connectivity index (χ1n) is 9.90. The van der Waals surface area contributed by atoms with Crippen LogP contribution in [-0.4, -0.2) is 29.0 Å². The van der Waals surface area contributed by atoms with E-state index in [2.05, 4.69) is 15.3 Å². The number of nitrogens with two attached hydrogens (primary N) is 2. The second-order valence-corrected chi connectivity index (χ2v) is 7.49. The van der Waals surface area contributed by atoms with E-state index in [9.17, 15) is 13.6 Å². The summed E-state index contributed by atoms with van der Waals surface area (Å²) >= 11 is 0. The number of piperidine rings is 1. The molecule has 1 atom stereocenters. The zero-order valence-electron chi connectivity index (χ0n) is 16.7. The van der Waals surface area contributed by atoms with Crippen LogP contribution in [0.1, 0.15) is 12.8 Å². The number of amides is 1. The maximum atomic E-state index is 13.9. The molecule has 1 aliphatic rings. The summed E-state index contributed by atoms with van der Waals surface area (Å²) in [6, 6.07) is 11.9. The minimum atomic E-state index is -0.539. The molecule has 3 aromatic rings. The van der Waals surface area contributed by atoms with Crippen LogP contribution in [0.3, 0.4) is 0 Å². The molecular formula is C22H22F2N6O. The number of aromatic nitrogens is 2. The number of benzene rings is 2. The van der Waals surface area contributed by atoms with Crippen LogP contribution in [0.25, 0.3) is 11.3 Å². The van der Waals surface area contributed by atoms with E-state index < -0.39 is 11.6 Å². The summed E-state index contributed by atoms with van der Waals surface area (Å²) in [4.78, 5) is 23.2. The lowest BCUT2D eigenvalue weighted by atomic mass is 9.97. The summed E-state index contributed by atoms with van der Waals surface area (Å²) in [5.41, 5.74) is 12.9. The Hall–Kier alpha value is -3.75. The summed E-state index contributed by atoms with van der Waals surface area (Å²) in [5, 5.41) is 2.77. The molecule has 0 spiro atoms. The highest BCUT2D eigenvalue weighted by Gasteiger charge is 2.27. The lowest BCUT2D eigenvalue weighted by Gasteiger charge is -2.33. The number of rotatable bonds is 4. The zero-order valence-corrected chi connectivity index (χ0v) is 16.7. The minimum absolute atomic E-state index is 0.0502. The maximum absolute atomic E-state index is 13.9. The van der Waals surface area contributed by atoms with Gasteiger partial charge in [-0.3, -0.25) is 4.79 Å². The van der Waals surface area contributed by atoms with Gasteiger partial charge in [0.15, 0.2) is 0 Å². The summed E-state index contributed by atoms with van der Waals surface area (Å²) in [6.07, 6.45) is 1.48. The Balaban J connectivity index is 1.53. The van der Waals surface area contributed by atoms with Crippen molar-refractivity contribution in [3.8, 4) is 11.3 Å². The Kier molecular flexibility index (Phi) is 5.66. The van der Waals surface area contributed by atoms with Crippen LogP contribution >= 0.6 is 0 Å². The van der Waals surface area contributed by atoms with Crippen LogP contribution < -0.4 is 21.7 Å². The summed E-state index contributed by atoms with van der Waals surface area (Å²) < 4.78 is 27.3. The number of carbonyl (C=O) groups is 1. The summed E-state index contributed by atoms with van der Waals surface area (Å²) in [6.45, 7) is 1.11. The molecule has 2 heterocycles. The van der Waals surface area contributed by atoms with Gasteiger partial charge in [0.2, 0.25) is 11.9 Å². The van der Waals surface area contributed by atoms with Gasteiger partial charge >= 0.3 is 0 Å². The molecule has 0 unspecified atom stereocenters. The number of nitrogen functional groups attached to an aromatic ring is 2. The fourth-order valence-electron chi connectivity index (χ4n) is 3.66. The molecular weight excluding hydrogens is 402 g/mol. The van der Waals surface area contributed by atoms with E-state index >= 15 is 0 Å². The lowest BCUT2D eigenvalue weighted by Crippen LogP contribution is -2.41. The molecule has 5 N–H and O–H groups in total. The molecule has 1 amide bonds. The van der Waals surface area contributed by atoms with Crippen LogP contribution in [0, 0.1) is 17.6 Å². The van der Waals surface area contributed by atoms with Crippen molar-refractivity contribution in [1.82, 2.24) is 9.97 Å². The molecule has 1 aromatic heterocycles. The molecule has 0 saturated carbocycles. The molecule has 2 aromatic carbocycles. The lowest BCUT2D eigenvalue weighted by molar-refractivity contribution is -0.120. The Morgan fingerprint density at radius 3 is 2.71 bits per heavy atom. The number of halogens is 2. The average Bonchev–Trinajstić information content (AvgIpc) is 2.75. The number of hydrogen-bond donors (Lipinski definition) is 3. The van der Waals surface area contributed by atoms with Gasteiger partial charge in [-0.1, -0.05) is 12.1 Å². The average molecular weight is 424 g/mol. The Bertz CT molecular complexity index is 1120. The quantitative estimate of drug-likeness (QED) is 0.554. The van der Waals surface area contributed by atoms with E-state index in [1.807, 2.05) is 4.90 Å². The first-order chi connectivity index (χ1) is 14.9. The van der Waals surface area contributed by atoms with Crippen molar-refractivity contribution in [2.24, 2.45) is 5.92 Å². The molecule has 1 aliphatic heterocycles. The molecule has 0 bridgehead atoms. The topological polar surface area (TPSA) is 110 Å². The van der Waals surface area contributed by atoms with Crippen molar-refractivity contribution in [2.45, 2.75) is 12.8 Å². The number of nitrogens with zero attached hydrogens (tertiary/aromatic N) is 3. The van der Waals surface area contributed by atoms with Crippen molar-refractivity contribution in [2.75, 3.05) is 34.8 Å². The number of hydrogen-bond acceptors (Lipinski definition) is 6. The largest absolute Gasteiger partial charge is 0.396 e. The molecule has 160 valence electrons. The monoisotopic (exact) mass is 424 g/mol. The molecule has 0 aliphatic carbocycles. The molecule has 7 nitrogen and oxygen atoms in total. The molecule has 31 heavy (non-hydrogen) atoms. The fraction of sp³-hybridized carbons (Fsp3) is 0.227. The standard InChI is InChI=1S/C22H22F2N6O/c23-15-4-1-5-16(10-15)27-21(31)14-3-2-8-30(12-14)20-11-19(28-22(26)29-20)13-6-7-18(25)17(24)9-13/h1,4-7,9-11,14H,2-3,8,12,25H2,(H,27,31)(H2,26,28,29)/t14-/m0/s1. The van der Waals surface area contributed by atoms with Crippen LogP contribution in [0.4, 0.5) is 31.9 Å². The maximum Gasteiger partial charge on any atom is 0.229 e. The Morgan fingerprint density at radius 1 is 1.10 bits per heavy atom. The highest BCUT2D eigenvalue weighted by molar-refractivity contribution is 5.93. The van der Waals surface area contributed by atoms with Crippen LogP contribution in [0.2, 0.25) is 0 Å². The van der Waals surface area contributed by atoms with Crippen molar-refractivity contribution < 1.29 is 13.6 Å². The third-order valence-electron chi connectivity index (χ3n) is 5.23. The van der Waals surface area contributed by atoms with Gasteiger partial charge < -0.3 is 21.7 Å². The smallest absolute Gasteiger partial charge is 0.229 e. The number of anilines is 4. The van der Waals surface area contributed by atoms with Crippen molar-refractivity contribution in [3.63, 3.8) is 0 Å². The van der Waals surface area contributed by atoms with Gasteiger partial charge in [-0.2, -0.15) is 4.98 Å². The Labute approximate surface area is 178 Å². The van der Waals surface area contributed by atoms with Crippen LogP contribution in [-0.2, 0) is 4.79 Å². The number of nitrogens with one attached hydrogen (secondary N) is 1. The predicted octanol–water partition coefficient (Wildman–Crippen LogP) is 3.44. The van der Waals surface area contributed by atoms with E-state index in [0.29, 0.717) is 42.3 Å². The zero-order chi connectivity index (χ0) is 22.0. The summed E-state index contributed by atoms with van der Waals surface area (Å²) in [5.74, 6) is -0.822. The fourth-order valence-corrected chi connectivity index (χ4v) is 3.66. The third kappa shape index (κ3) is 4.71. The van der Waals surface area contributed by atoms with Gasteiger partial charge in [0.05, 0.1) is 17.3 Å². The SMILES string of the molecule is Nc1nc(-c2ccc(N)c(F)c2)cc(N2CCC[C@H](C(=O)Nc3cccc(F)c3)C2)n1. The van der Waals surface area contributed by atoms with E-state index in [0.717, 1.165) is 6.42 Å². The Morgan fingerprint density at radius 2 is 1.94 bits per heavy atom. The van der Waals surface area contributed by atoms with Crippen LogP contribution in [0.15, 0.2) is 48.5 Å². The van der Waals surface area contributed by atoms with Crippen molar-refractivity contribution >= 4 is 29.0 Å².